The lowest BCUT2D eigenvalue weighted by molar-refractivity contribution is 0.136. The van der Waals surface area contributed by atoms with Gasteiger partial charge >= 0.3 is 5.69 Å². The van der Waals surface area contributed by atoms with Gasteiger partial charge in [-0.05, 0) is 26.0 Å². The quantitative estimate of drug-likeness (QED) is 0.836. The maximum Gasteiger partial charge on any atom is 0.330 e. The number of aryl methyl sites for hydroxylation is 1. The molecule has 0 aliphatic rings. The number of ether oxygens (including phenoxy) is 1. The number of sulfonamides is 1. The van der Waals surface area contributed by atoms with E-state index in [0.29, 0.717) is 17.1 Å². The summed E-state index contributed by atoms with van der Waals surface area (Å²) in [5, 5.41) is 0. The molecule has 0 unspecified atom stereocenters. The zero-order chi connectivity index (χ0) is 16.3. The lowest BCUT2D eigenvalue weighted by atomic mass is 10.2. The normalized spacial score (nSPS) is 13.0. The summed E-state index contributed by atoms with van der Waals surface area (Å²) < 4.78 is 33.3. The van der Waals surface area contributed by atoms with Gasteiger partial charge in [0.2, 0.25) is 10.0 Å². The van der Waals surface area contributed by atoms with Gasteiger partial charge in [0.25, 0.3) is 0 Å². The largest absolute Gasteiger partial charge is 0.381 e. The number of aromatic nitrogens is 2. The molecule has 1 heterocycles. The van der Waals surface area contributed by atoms with E-state index in [1.54, 1.807) is 44.3 Å². The number of anilines is 1. The van der Waals surface area contributed by atoms with Crippen molar-refractivity contribution in [3.8, 4) is 5.69 Å². The van der Waals surface area contributed by atoms with Crippen LogP contribution in [0.5, 0.6) is 0 Å². The number of para-hydroxylation sites is 2. The van der Waals surface area contributed by atoms with Gasteiger partial charge in [-0.3, -0.25) is 9.29 Å². The van der Waals surface area contributed by atoms with Crippen LogP contribution in [0.1, 0.15) is 12.6 Å². The molecule has 0 saturated heterocycles. The summed E-state index contributed by atoms with van der Waals surface area (Å²) in [5.74, 6) is -0.168. The number of hydrogen-bond donors (Lipinski definition) is 2. The Labute approximate surface area is 129 Å². The summed E-state index contributed by atoms with van der Waals surface area (Å²) in [6.07, 6.45) is 1.14. The van der Waals surface area contributed by atoms with E-state index in [9.17, 15) is 13.2 Å². The molecule has 2 N–H and O–H groups in total. The maximum absolute atomic E-state index is 12.2. The predicted octanol–water partition coefficient (Wildman–Crippen LogP) is 1.25. The molecule has 7 nitrogen and oxygen atoms in total. The fraction of sp³-hybridized carbons (Fsp3) is 0.357. The minimum atomic E-state index is -3.59. The van der Waals surface area contributed by atoms with Crippen molar-refractivity contribution in [1.82, 2.24) is 9.55 Å². The van der Waals surface area contributed by atoms with Gasteiger partial charge in [-0.15, -0.1) is 0 Å². The maximum atomic E-state index is 12.2. The van der Waals surface area contributed by atoms with Crippen LogP contribution in [0.3, 0.4) is 0 Å². The number of rotatable bonds is 6. The van der Waals surface area contributed by atoms with Crippen LogP contribution in [-0.2, 0) is 14.8 Å². The van der Waals surface area contributed by atoms with Crippen molar-refractivity contribution in [3.05, 3.63) is 46.6 Å². The molecular formula is C14H19N3O4S. The number of H-pyrrole nitrogens is 1. The molecule has 0 aliphatic heterocycles. The Morgan fingerprint density at radius 2 is 2.05 bits per heavy atom. The summed E-state index contributed by atoms with van der Waals surface area (Å²) in [4.78, 5) is 14.5. The lowest BCUT2D eigenvalue weighted by Crippen LogP contribution is -2.26. The standard InChI is InChI=1S/C14H19N3O4S/c1-10-8-15-14(18)17(10)13-7-5-4-6-12(13)16-22(19,20)9-11(2)21-3/h4-8,11,16H,9H2,1-3H3,(H,15,18)/t11-/m0/s1. The Morgan fingerprint density at radius 1 is 1.36 bits per heavy atom. The Balaban J connectivity index is 2.40. The molecule has 1 atom stereocenters. The van der Waals surface area contributed by atoms with Crippen LogP contribution >= 0.6 is 0 Å². The first-order chi connectivity index (χ1) is 10.3. The number of aromatic amines is 1. The van der Waals surface area contributed by atoms with Crippen molar-refractivity contribution in [2.24, 2.45) is 0 Å². The predicted molar refractivity (Wildman–Crippen MR) is 85.0 cm³/mol. The van der Waals surface area contributed by atoms with Crippen LogP contribution in [0.2, 0.25) is 0 Å². The van der Waals surface area contributed by atoms with Gasteiger partial charge in [0.05, 0.1) is 23.2 Å². The first-order valence-electron chi connectivity index (χ1n) is 6.74. The van der Waals surface area contributed by atoms with Crippen molar-refractivity contribution in [2.75, 3.05) is 17.6 Å². The fourth-order valence-corrected chi connectivity index (χ4v) is 3.44. The van der Waals surface area contributed by atoms with Gasteiger partial charge in [-0.1, -0.05) is 12.1 Å². The van der Waals surface area contributed by atoms with Crippen LogP contribution in [0.4, 0.5) is 5.69 Å². The van der Waals surface area contributed by atoms with E-state index in [4.69, 9.17) is 4.74 Å². The van der Waals surface area contributed by atoms with Crippen LogP contribution in [0, 0.1) is 6.92 Å². The minimum Gasteiger partial charge on any atom is -0.381 e. The topological polar surface area (TPSA) is 93.2 Å². The van der Waals surface area contributed by atoms with E-state index in [-0.39, 0.29) is 11.4 Å². The average molecular weight is 325 g/mol. The molecule has 0 spiro atoms. The Hall–Kier alpha value is -2.06. The van der Waals surface area contributed by atoms with E-state index < -0.39 is 16.1 Å². The number of nitrogens with one attached hydrogen (secondary N) is 2. The summed E-state index contributed by atoms with van der Waals surface area (Å²) in [7, 11) is -2.13. The highest BCUT2D eigenvalue weighted by molar-refractivity contribution is 7.92. The fourth-order valence-electron chi connectivity index (χ4n) is 2.10. The van der Waals surface area contributed by atoms with E-state index >= 15 is 0 Å². The molecule has 2 rings (SSSR count). The number of hydrogen-bond acceptors (Lipinski definition) is 4. The van der Waals surface area contributed by atoms with Crippen molar-refractivity contribution in [2.45, 2.75) is 20.0 Å². The molecule has 120 valence electrons. The third kappa shape index (κ3) is 3.58. The number of imidazole rings is 1. The second-order valence-corrected chi connectivity index (χ2v) is 6.78. The Bertz CT molecular complexity index is 807. The van der Waals surface area contributed by atoms with E-state index in [2.05, 4.69) is 9.71 Å². The third-order valence-electron chi connectivity index (χ3n) is 3.23. The Kier molecular flexibility index (Phi) is 4.72. The zero-order valence-electron chi connectivity index (χ0n) is 12.7. The second kappa shape index (κ2) is 6.37. The van der Waals surface area contributed by atoms with Crippen molar-refractivity contribution in [3.63, 3.8) is 0 Å². The van der Waals surface area contributed by atoms with Crippen molar-refractivity contribution < 1.29 is 13.2 Å². The van der Waals surface area contributed by atoms with Gasteiger partial charge in [0.15, 0.2) is 0 Å². The highest BCUT2D eigenvalue weighted by Gasteiger charge is 2.18. The summed E-state index contributed by atoms with van der Waals surface area (Å²) >= 11 is 0. The molecule has 2 aromatic rings. The van der Waals surface area contributed by atoms with E-state index in [0.717, 1.165) is 0 Å². The third-order valence-corrected chi connectivity index (χ3v) is 4.67. The average Bonchev–Trinajstić information content (AvgIpc) is 2.78. The van der Waals surface area contributed by atoms with Crippen molar-refractivity contribution in [1.29, 1.82) is 0 Å². The molecule has 0 amide bonds. The van der Waals surface area contributed by atoms with Crippen LogP contribution in [0.15, 0.2) is 35.3 Å². The summed E-state index contributed by atoms with van der Waals surface area (Å²) in [5.41, 5.74) is 1.17. The molecule has 0 bridgehead atoms. The first-order valence-corrected chi connectivity index (χ1v) is 8.39. The minimum absolute atomic E-state index is 0.168. The first kappa shape index (κ1) is 16.3. The molecule has 1 aromatic carbocycles. The monoisotopic (exact) mass is 325 g/mol. The molecule has 1 aromatic heterocycles. The van der Waals surface area contributed by atoms with Crippen LogP contribution in [0.25, 0.3) is 5.69 Å². The van der Waals surface area contributed by atoms with Gasteiger partial charge < -0.3 is 9.72 Å². The molecule has 0 saturated carbocycles. The van der Waals surface area contributed by atoms with Crippen molar-refractivity contribution >= 4 is 15.7 Å². The van der Waals surface area contributed by atoms with E-state index in [1.807, 2.05) is 0 Å². The highest BCUT2D eigenvalue weighted by Crippen LogP contribution is 2.21. The van der Waals surface area contributed by atoms with Gasteiger partial charge in [0, 0.05) is 19.0 Å². The van der Waals surface area contributed by atoms with E-state index in [1.165, 1.54) is 11.7 Å². The number of benzene rings is 1. The number of nitrogens with zero attached hydrogens (tertiary/aromatic N) is 1. The van der Waals surface area contributed by atoms with Crippen LogP contribution in [-0.4, -0.2) is 36.9 Å². The smallest absolute Gasteiger partial charge is 0.330 e. The molecular weight excluding hydrogens is 306 g/mol. The second-order valence-electron chi connectivity index (χ2n) is 5.02. The molecule has 8 heteroatoms. The summed E-state index contributed by atoms with van der Waals surface area (Å²) in [6.45, 7) is 3.43. The molecule has 0 aliphatic carbocycles. The van der Waals surface area contributed by atoms with Gasteiger partial charge in [-0.25, -0.2) is 13.2 Å². The highest BCUT2D eigenvalue weighted by atomic mass is 32.2. The van der Waals surface area contributed by atoms with Crippen LogP contribution < -0.4 is 10.4 Å². The van der Waals surface area contributed by atoms with Gasteiger partial charge in [0.1, 0.15) is 0 Å². The molecule has 22 heavy (non-hydrogen) atoms. The van der Waals surface area contributed by atoms with Gasteiger partial charge in [-0.2, -0.15) is 0 Å². The number of methoxy groups -OCH3 is 1. The SMILES string of the molecule is CO[C@@H](C)CS(=O)(=O)Nc1ccccc1-n1c(C)c[nH]c1=O. The zero-order valence-corrected chi connectivity index (χ0v) is 13.5. The summed E-state index contributed by atoms with van der Waals surface area (Å²) in [6, 6.07) is 6.74. The molecule has 0 fully saturated rings. The Morgan fingerprint density at radius 3 is 2.64 bits per heavy atom. The lowest BCUT2D eigenvalue weighted by Gasteiger charge is -2.15. The molecule has 0 radical (unpaired) electrons.